The van der Waals surface area contributed by atoms with Gasteiger partial charge in [-0.3, -0.25) is 0 Å². The second-order valence-corrected chi connectivity index (χ2v) is 16.9. The number of aromatic nitrogens is 2. The number of rotatable bonds is 8. The predicted octanol–water partition coefficient (Wildman–Crippen LogP) is 15.2. The van der Waals surface area contributed by atoms with Crippen LogP contribution in [-0.4, -0.2) is 4.57 Å². The highest BCUT2D eigenvalue weighted by molar-refractivity contribution is 6.17. The molecule has 0 bridgehead atoms. The topological polar surface area (TPSA) is 21.9 Å². The number of hydrogen-bond donors (Lipinski definition) is 0. The van der Waals surface area contributed by atoms with Crippen LogP contribution in [0.4, 0.5) is 0 Å². The van der Waals surface area contributed by atoms with E-state index in [-0.39, 0.29) is 0 Å². The van der Waals surface area contributed by atoms with Crippen molar-refractivity contribution in [1.82, 2.24) is 4.57 Å². The molecule has 8 aromatic carbocycles. The van der Waals surface area contributed by atoms with Crippen LogP contribution in [-0.2, 0) is 7.05 Å². The molecule has 3 heteroatoms. The lowest BCUT2D eigenvalue weighted by Gasteiger charge is -2.20. The van der Waals surface area contributed by atoms with Gasteiger partial charge in [0.1, 0.15) is 29.2 Å². The quantitative estimate of drug-likeness (QED) is 0.141. The summed E-state index contributed by atoms with van der Waals surface area (Å²) in [6.45, 7) is 11.5. The summed E-state index contributed by atoms with van der Waals surface area (Å²) < 4.78 is 11.6. The maximum absolute atomic E-state index is 6.94. The molecule has 2 aromatic heterocycles. The van der Waals surface area contributed by atoms with Crippen LogP contribution in [0.15, 0.2) is 181 Å². The van der Waals surface area contributed by atoms with Crippen molar-refractivity contribution in [3.8, 4) is 61.6 Å². The Morgan fingerprint density at radius 3 is 1.48 bits per heavy atom. The molecule has 3 nitrogen and oxygen atoms in total. The zero-order valence-electron chi connectivity index (χ0n) is 35.2. The Morgan fingerprint density at radius 1 is 0.467 bits per heavy atom. The summed E-state index contributed by atoms with van der Waals surface area (Å²) >= 11 is 0. The summed E-state index contributed by atoms with van der Waals surface area (Å²) in [5, 5.41) is 4.61. The summed E-state index contributed by atoms with van der Waals surface area (Å²) in [5.41, 5.74) is 17.9. The van der Waals surface area contributed by atoms with E-state index in [1.165, 1.54) is 72.3 Å². The molecule has 60 heavy (non-hydrogen) atoms. The average molecular weight is 778 g/mol. The summed E-state index contributed by atoms with van der Waals surface area (Å²) in [7, 11) is 2.15. The number of benzene rings is 8. The molecule has 0 aliphatic rings. The minimum absolute atomic E-state index is 0.291. The molecule has 2 heterocycles. The second-order valence-electron chi connectivity index (χ2n) is 16.9. The minimum Gasteiger partial charge on any atom is -0.454 e. The van der Waals surface area contributed by atoms with E-state index in [9.17, 15) is 0 Å². The first-order chi connectivity index (χ1) is 29.2. The number of nitrogens with zero attached hydrogens (tertiary/aromatic N) is 2. The van der Waals surface area contributed by atoms with Gasteiger partial charge in [0.2, 0.25) is 0 Å². The zero-order chi connectivity index (χ0) is 41.1. The van der Waals surface area contributed by atoms with Crippen molar-refractivity contribution >= 4 is 32.7 Å². The largest absolute Gasteiger partial charge is 0.454 e. The van der Waals surface area contributed by atoms with Gasteiger partial charge in [0.15, 0.2) is 5.58 Å². The molecule has 0 amide bonds. The molecule has 0 fully saturated rings. The van der Waals surface area contributed by atoms with E-state index in [2.05, 4.69) is 227 Å². The smallest absolute Gasteiger partial charge is 0.297 e. The molecular weight excluding hydrogens is 729 g/mol. The van der Waals surface area contributed by atoms with Gasteiger partial charge in [-0.1, -0.05) is 173 Å². The number of fused-ring (bicyclic) bond motifs is 5. The van der Waals surface area contributed by atoms with Gasteiger partial charge in [0.25, 0.3) is 5.82 Å². The van der Waals surface area contributed by atoms with E-state index < -0.39 is 0 Å². The summed E-state index contributed by atoms with van der Waals surface area (Å²) in [5.74, 6) is 1.69. The Bertz CT molecular complexity index is 3150. The third-order valence-corrected chi connectivity index (χ3v) is 12.4. The van der Waals surface area contributed by atoms with Gasteiger partial charge in [0.05, 0.1) is 7.05 Å². The van der Waals surface area contributed by atoms with Crippen molar-refractivity contribution in [2.75, 3.05) is 0 Å². The van der Waals surface area contributed by atoms with Gasteiger partial charge in [-0.2, -0.15) is 4.57 Å². The van der Waals surface area contributed by atoms with E-state index >= 15 is 0 Å². The van der Waals surface area contributed by atoms with Crippen LogP contribution in [0.3, 0.4) is 0 Å². The fourth-order valence-corrected chi connectivity index (χ4v) is 9.10. The molecule has 0 unspecified atom stereocenters. The second kappa shape index (κ2) is 15.0. The highest BCUT2D eigenvalue weighted by atomic mass is 16.3. The van der Waals surface area contributed by atoms with Gasteiger partial charge < -0.3 is 4.42 Å². The molecule has 0 saturated carbocycles. The highest BCUT2D eigenvalue weighted by Gasteiger charge is 2.30. The van der Waals surface area contributed by atoms with Crippen molar-refractivity contribution in [2.24, 2.45) is 7.05 Å². The monoisotopic (exact) mass is 777 g/mol. The lowest BCUT2D eigenvalue weighted by molar-refractivity contribution is -0.659. The van der Waals surface area contributed by atoms with Crippen LogP contribution < -0.4 is 4.57 Å². The number of hydrogen-bond acceptors (Lipinski definition) is 1. The first-order valence-electron chi connectivity index (χ1n) is 21.2. The van der Waals surface area contributed by atoms with E-state index in [0.717, 1.165) is 38.7 Å². The van der Waals surface area contributed by atoms with Crippen LogP contribution in [0.5, 0.6) is 0 Å². The van der Waals surface area contributed by atoms with Crippen LogP contribution in [0.1, 0.15) is 56.2 Å². The zero-order valence-corrected chi connectivity index (χ0v) is 35.2. The van der Waals surface area contributed by atoms with Crippen LogP contribution in [0.2, 0.25) is 0 Å². The van der Waals surface area contributed by atoms with Gasteiger partial charge in [-0.15, -0.1) is 0 Å². The van der Waals surface area contributed by atoms with Gasteiger partial charge in [-0.25, -0.2) is 4.57 Å². The average Bonchev–Trinajstić information content (AvgIpc) is 3.86. The molecule has 0 atom stereocenters. The van der Waals surface area contributed by atoms with E-state index in [1.807, 2.05) is 0 Å². The number of aryl methyl sites for hydroxylation is 2. The Labute approximate surface area is 352 Å². The first-order valence-corrected chi connectivity index (χ1v) is 21.2. The van der Waals surface area contributed by atoms with E-state index in [0.29, 0.717) is 11.8 Å². The molecule has 0 aliphatic heterocycles. The van der Waals surface area contributed by atoms with Crippen molar-refractivity contribution < 1.29 is 8.98 Å². The summed E-state index contributed by atoms with van der Waals surface area (Å²) in [4.78, 5) is 0. The third kappa shape index (κ3) is 6.42. The first kappa shape index (κ1) is 37.3. The van der Waals surface area contributed by atoms with Crippen molar-refractivity contribution in [3.63, 3.8) is 0 Å². The van der Waals surface area contributed by atoms with Gasteiger partial charge in [-0.05, 0) is 92.4 Å². The highest BCUT2D eigenvalue weighted by Crippen LogP contribution is 2.43. The van der Waals surface area contributed by atoms with Crippen molar-refractivity contribution in [1.29, 1.82) is 0 Å². The van der Waals surface area contributed by atoms with Crippen LogP contribution in [0.25, 0.3) is 94.3 Å². The molecule has 0 saturated heterocycles. The summed E-state index contributed by atoms with van der Waals surface area (Å²) in [6, 6.07) is 59.7. The van der Waals surface area contributed by atoms with Crippen LogP contribution >= 0.6 is 0 Å². The van der Waals surface area contributed by atoms with Crippen LogP contribution in [0, 0.1) is 6.92 Å². The molecule has 0 aliphatic carbocycles. The Kier molecular flexibility index (Phi) is 9.33. The number of imidazole rings is 1. The van der Waals surface area contributed by atoms with Crippen molar-refractivity contribution in [3.05, 3.63) is 193 Å². The van der Waals surface area contributed by atoms with Crippen molar-refractivity contribution in [2.45, 2.75) is 46.5 Å². The standard InChI is InChI=1S/C57H49N2O/c1-36(2)51-34-47(45-27-25-44(26-28-45)43-23-21-42(22-24-43)41-19-17-40(18-20-41)39-12-8-7-9-13-39)35-52(37(3)4)54(51)59-33-32-58(6)57(59)53-38(5)16-30-50-49-31-29-46-14-10-11-15-48(46)55(49)60-56(50)53/h7-37H,1-6H3/q+1. The van der Waals surface area contributed by atoms with Gasteiger partial charge in [0, 0.05) is 27.3 Å². The maximum Gasteiger partial charge on any atom is 0.297 e. The molecule has 0 N–H and O–H groups in total. The van der Waals surface area contributed by atoms with E-state index in [4.69, 9.17) is 4.42 Å². The Balaban J connectivity index is 1.01. The molecular formula is C57H49N2O+. The fourth-order valence-electron chi connectivity index (χ4n) is 9.10. The van der Waals surface area contributed by atoms with Gasteiger partial charge >= 0.3 is 0 Å². The third-order valence-electron chi connectivity index (χ3n) is 12.4. The lowest BCUT2D eigenvalue weighted by atomic mass is 9.87. The SMILES string of the molecule is Cc1ccc2c(oc3c4ccccc4ccc23)c1-c1n(-c2c(C(C)C)cc(-c3ccc(-c4ccc(-c5ccc(-c6ccccc6)cc5)cc4)cc3)cc2C(C)C)cc[n+]1C. The predicted molar refractivity (Wildman–Crippen MR) is 252 cm³/mol. The minimum atomic E-state index is 0.291. The number of furan rings is 1. The molecule has 10 aromatic rings. The fraction of sp³-hybridized carbons (Fsp3) is 0.140. The molecule has 292 valence electrons. The normalized spacial score (nSPS) is 11.8. The summed E-state index contributed by atoms with van der Waals surface area (Å²) in [6.07, 6.45) is 4.42. The Morgan fingerprint density at radius 2 is 0.933 bits per heavy atom. The lowest BCUT2D eigenvalue weighted by Crippen LogP contribution is -2.29. The van der Waals surface area contributed by atoms with E-state index in [1.54, 1.807) is 0 Å². The Hall–Kier alpha value is -6.97. The molecule has 0 spiro atoms. The maximum atomic E-state index is 6.94. The molecule has 10 rings (SSSR count). The molecule has 0 radical (unpaired) electrons.